The van der Waals surface area contributed by atoms with Gasteiger partial charge in [0.25, 0.3) is 0 Å². The molecule has 4 heteroatoms. The summed E-state index contributed by atoms with van der Waals surface area (Å²) in [5.41, 5.74) is 0.593. The second-order valence-corrected chi connectivity index (χ2v) is 3.79. The molecule has 0 saturated carbocycles. The van der Waals surface area contributed by atoms with Crippen molar-refractivity contribution in [2.24, 2.45) is 0 Å². The number of ether oxygens (including phenoxy) is 1. The van der Waals surface area contributed by atoms with E-state index in [1.165, 1.54) is 6.07 Å². The van der Waals surface area contributed by atoms with Gasteiger partial charge in [0.15, 0.2) is 0 Å². The lowest BCUT2D eigenvalue weighted by Gasteiger charge is -2.13. The average Bonchev–Trinajstić information content (AvgIpc) is 2.81. The van der Waals surface area contributed by atoms with Crippen molar-refractivity contribution < 1.29 is 13.9 Å². The molecule has 1 aromatic carbocycles. The first-order chi connectivity index (χ1) is 7.77. The molecule has 0 spiro atoms. The van der Waals surface area contributed by atoms with Gasteiger partial charge in [-0.05, 0) is 18.1 Å². The number of aryl methyl sites for hydroxylation is 1. The molecule has 0 unspecified atom stereocenters. The summed E-state index contributed by atoms with van der Waals surface area (Å²) in [5, 5.41) is 0. The van der Waals surface area contributed by atoms with Gasteiger partial charge >= 0.3 is 0 Å². The van der Waals surface area contributed by atoms with E-state index >= 15 is 0 Å². The van der Waals surface area contributed by atoms with Crippen LogP contribution in [0, 0.1) is 5.82 Å². The number of hydrogen-bond acceptors (Lipinski definition) is 2. The number of benzene rings is 1. The van der Waals surface area contributed by atoms with Gasteiger partial charge < -0.3 is 9.64 Å². The van der Waals surface area contributed by atoms with Crippen LogP contribution in [-0.2, 0) is 16.0 Å². The van der Waals surface area contributed by atoms with E-state index < -0.39 is 0 Å². The third-order valence-electron chi connectivity index (χ3n) is 2.67. The smallest absolute Gasteiger partial charge is 0.224 e. The monoisotopic (exact) mass is 223 g/mol. The Morgan fingerprint density at radius 3 is 2.94 bits per heavy atom. The molecule has 0 N–H and O–H groups in total. The molecule has 1 aliphatic heterocycles. The van der Waals surface area contributed by atoms with Crippen LogP contribution < -0.4 is 0 Å². The van der Waals surface area contributed by atoms with Crippen LogP contribution in [0.3, 0.4) is 0 Å². The zero-order chi connectivity index (χ0) is 11.4. The maximum absolute atomic E-state index is 13.3. The van der Waals surface area contributed by atoms with Crippen LogP contribution >= 0.6 is 0 Å². The highest BCUT2D eigenvalue weighted by atomic mass is 19.1. The molecular weight excluding hydrogens is 209 g/mol. The topological polar surface area (TPSA) is 29.5 Å². The van der Waals surface area contributed by atoms with Gasteiger partial charge in [-0.1, -0.05) is 18.2 Å². The zero-order valence-electron chi connectivity index (χ0n) is 8.99. The van der Waals surface area contributed by atoms with Gasteiger partial charge in [-0.2, -0.15) is 0 Å². The van der Waals surface area contributed by atoms with E-state index in [1.54, 1.807) is 23.1 Å². The van der Waals surface area contributed by atoms with Crippen molar-refractivity contribution in [1.29, 1.82) is 0 Å². The Morgan fingerprint density at radius 2 is 2.25 bits per heavy atom. The molecule has 0 aliphatic carbocycles. The summed E-state index contributed by atoms with van der Waals surface area (Å²) >= 11 is 0. The fraction of sp³-hybridized carbons (Fsp3) is 0.417. The average molecular weight is 223 g/mol. The molecular formula is C12H14FNO2. The summed E-state index contributed by atoms with van der Waals surface area (Å²) in [6.45, 7) is 1.62. The zero-order valence-corrected chi connectivity index (χ0v) is 8.99. The Bertz CT molecular complexity index is 375. The maximum Gasteiger partial charge on any atom is 0.224 e. The number of carbonyl (C=O) groups is 1. The molecule has 2 rings (SSSR count). The Hall–Kier alpha value is -1.42. The molecule has 1 aliphatic rings. The number of hydrogen-bond donors (Lipinski definition) is 0. The van der Waals surface area contributed by atoms with E-state index in [9.17, 15) is 9.18 Å². The lowest BCUT2D eigenvalue weighted by Crippen LogP contribution is -2.28. The third-order valence-corrected chi connectivity index (χ3v) is 2.67. The fourth-order valence-corrected chi connectivity index (χ4v) is 1.71. The number of rotatable bonds is 3. The molecule has 16 heavy (non-hydrogen) atoms. The van der Waals surface area contributed by atoms with Crippen LogP contribution in [0.1, 0.15) is 12.0 Å². The Morgan fingerprint density at radius 1 is 1.44 bits per heavy atom. The molecule has 3 nitrogen and oxygen atoms in total. The van der Waals surface area contributed by atoms with E-state index in [2.05, 4.69) is 0 Å². The fourth-order valence-electron chi connectivity index (χ4n) is 1.71. The van der Waals surface area contributed by atoms with E-state index in [1.807, 2.05) is 0 Å². The molecule has 1 aromatic rings. The Kier molecular flexibility index (Phi) is 3.51. The molecule has 1 saturated heterocycles. The van der Waals surface area contributed by atoms with E-state index in [-0.39, 0.29) is 11.7 Å². The predicted molar refractivity (Wildman–Crippen MR) is 57.3 cm³/mol. The van der Waals surface area contributed by atoms with Crippen molar-refractivity contribution in [2.75, 3.05) is 19.9 Å². The van der Waals surface area contributed by atoms with E-state index in [0.717, 1.165) is 0 Å². The lowest BCUT2D eigenvalue weighted by molar-refractivity contribution is -0.131. The lowest BCUT2D eigenvalue weighted by atomic mass is 10.1. The third kappa shape index (κ3) is 2.58. The minimum Gasteiger partial charge on any atom is -0.359 e. The summed E-state index contributed by atoms with van der Waals surface area (Å²) < 4.78 is 18.4. The first-order valence-corrected chi connectivity index (χ1v) is 5.36. The molecule has 0 bridgehead atoms. The maximum atomic E-state index is 13.3. The summed E-state index contributed by atoms with van der Waals surface area (Å²) in [6.07, 6.45) is 0.784. The molecule has 1 fully saturated rings. The summed E-state index contributed by atoms with van der Waals surface area (Å²) in [7, 11) is 0. The predicted octanol–water partition coefficient (Wildman–Crippen LogP) is 1.57. The minimum atomic E-state index is -0.243. The van der Waals surface area contributed by atoms with Crippen LogP contribution in [0.25, 0.3) is 0 Å². The molecule has 86 valence electrons. The first-order valence-electron chi connectivity index (χ1n) is 5.36. The van der Waals surface area contributed by atoms with Crippen LogP contribution in [0.15, 0.2) is 24.3 Å². The van der Waals surface area contributed by atoms with Crippen molar-refractivity contribution in [3.63, 3.8) is 0 Å². The molecule has 1 amide bonds. The quantitative estimate of drug-likeness (QED) is 0.778. The van der Waals surface area contributed by atoms with E-state index in [4.69, 9.17) is 4.74 Å². The highest BCUT2D eigenvalue weighted by Gasteiger charge is 2.18. The van der Waals surface area contributed by atoms with Crippen LogP contribution in [0.4, 0.5) is 4.39 Å². The molecule has 0 aromatic heterocycles. The SMILES string of the molecule is O=C(CCc1ccccc1F)N1CCOC1. The van der Waals surface area contributed by atoms with Gasteiger partial charge in [0, 0.05) is 13.0 Å². The largest absolute Gasteiger partial charge is 0.359 e. The number of carbonyl (C=O) groups excluding carboxylic acids is 1. The van der Waals surface area contributed by atoms with Gasteiger partial charge in [-0.3, -0.25) is 4.79 Å². The van der Waals surface area contributed by atoms with Crippen molar-refractivity contribution in [3.05, 3.63) is 35.6 Å². The van der Waals surface area contributed by atoms with Crippen molar-refractivity contribution >= 4 is 5.91 Å². The molecule has 0 radical (unpaired) electrons. The van der Waals surface area contributed by atoms with Gasteiger partial charge in [0.1, 0.15) is 12.5 Å². The highest BCUT2D eigenvalue weighted by molar-refractivity contribution is 5.76. The van der Waals surface area contributed by atoms with Gasteiger partial charge in [-0.25, -0.2) is 4.39 Å². The van der Waals surface area contributed by atoms with Crippen molar-refractivity contribution in [1.82, 2.24) is 4.90 Å². The molecule has 1 heterocycles. The number of amides is 1. The van der Waals surface area contributed by atoms with Crippen LogP contribution in [-0.4, -0.2) is 30.7 Å². The summed E-state index contributed by atoms with van der Waals surface area (Å²) in [4.78, 5) is 13.3. The van der Waals surface area contributed by atoms with Gasteiger partial charge in [-0.15, -0.1) is 0 Å². The summed E-state index contributed by atoms with van der Waals surface area (Å²) in [6, 6.07) is 6.55. The second kappa shape index (κ2) is 5.07. The van der Waals surface area contributed by atoms with E-state index in [0.29, 0.717) is 38.3 Å². The van der Waals surface area contributed by atoms with Gasteiger partial charge in [0.05, 0.1) is 6.61 Å². The van der Waals surface area contributed by atoms with Crippen molar-refractivity contribution in [2.45, 2.75) is 12.8 Å². The van der Waals surface area contributed by atoms with Gasteiger partial charge in [0.2, 0.25) is 5.91 Å². The number of nitrogens with zero attached hydrogens (tertiary/aromatic N) is 1. The van der Waals surface area contributed by atoms with Crippen molar-refractivity contribution in [3.8, 4) is 0 Å². The Labute approximate surface area is 93.8 Å². The summed E-state index contributed by atoms with van der Waals surface area (Å²) in [5.74, 6) is -0.214. The molecule has 0 atom stereocenters. The normalized spacial score (nSPS) is 15.4. The van der Waals surface area contributed by atoms with Crippen LogP contribution in [0.2, 0.25) is 0 Å². The standard InChI is InChI=1S/C12H14FNO2/c13-11-4-2-1-3-10(11)5-6-12(15)14-7-8-16-9-14/h1-4H,5-9H2. The highest BCUT2D eigenvalue weighted by Crippen LogP contribution is 2.10. The van der Waals surface area contributed by atoms with Crippen LogP contribution in [0.5, 0.6) is 0 Å². The number of halogens is 1. The minimum absolute atomic E-state index is 0.0285. The Balaban J connectivity index is 1.87. The first kappa shape index (κ1) is 11.1. The second-order valence-electron chi connectivity index (χ2n) is 3.79.